The van der Waals surface area contributed by atoms with Gasteiger partial charge in [0.05, 0.1) is 0 Å². The molecule has 0 heterocycles. The minimum atomic E-state index is 0.0109. The Labute approximate surface area is 114 Å². The molecule has 0 bridgehead atoms. The van der Waals surface area contributed by atoms with Crippen molar-refractivity contribution < 1.29 is 4.79 Å². The van der Waals surface area contributed by atoms with Crippen LogP contribution in [0.1, 0.15) is 18.4 Å². The quantitative estimate of drug-likeness (QED) is 0.776. The minimum absolute atomic E-state index is 0.0109. The fourth-order valence-corrected chi connectivity index (χ4v) is 3.63. The van der Waals surface area contributed by atoms with Crippen LogP contribution in [0.3, 0.4) is 0 Å². The summed E-state index contributed by atoms with van der Waals surface area (Å²) in [5.41, 5.74) is 1.12. The molecule has 0 fully saturated rings. The first-order valence-electron chi connectivity index (χ1n) is 6.03. The summed E-state index contributed by atoms with van der Waals surface area (Å²) in [7, 11) is 0. The van der Waals surface area contributed by atoms with E-state index in [0.29, 0.717) is 11.1 Å². The van der Waals surface area contributed by atoms with Gasteiger partial charge in [0.2, 0.25) is 0 Å². The van der Waals surface area contributed by atoms with Crippen LogP contribution in [0.25, 0.3) is 0 Å². The van der Waals surface area contributed by atoms with Gasteiger partial charge in [-0.2, -0.15) is 0 Å². The van der Waals surface area contributed by atoms with Crippen molar-refractivity contribution in [3.63, 3.8) is 0 Å². The van der Waals surface area contributed by atoms with Crippen LogP contribution < -0.4 is 4.46 Å². The molecule has 0 aliphatic rings. The molecule has 0 spiro atoms. The number of rotatable bonds is 5. The molecule has 0 amide bonds. The molecule has 0 saturated carbocycles. The summed E-state index contributed by atoms with van der Waals surface area (Å²) in [6.07, 6.45) is 0. The Bertz CT molecular complexity index is 493. The van der Waals surface area contributed by atoms with Gasteiger partial charge in [-0.25, -0.2) is 0 Å². The Morgan fingerprint density at radius 2 is 1.56 bits per heavy atom. The van der Waals surface area contributed by atoms with Gasteiger partial charge in [-0.3, -0.25) is 0 Å². The Morgan fingerprint density at radius 3 is 2.17 bits per heavy atom. The van der Waals surface area contributed by atoms with E-state index in [1.165, 1.54) is 4.46 Å². The molecule has 0 aromatic heterocycles. The molecule has 2 rings (SSSR count). The second-order valence-corrected chi connectivity index (χ2v) is 6.40. The first-order valence-corrected chi connectivity index (χ1v) is 8.09. The van der Waals surface area contributed by atoms with E-state index < -0.39 is 0 Å². The van der Waals surface area contributed by atoms with E-state index in [1.54, 1.807) is 0 Å². The third-order valence-electron chi connectivity index (χ3n) is 2.91. The average molecular weight is 303 g/mol. The van der Waals surface area contributed by atoms with Crippen LogP contribution >= 0.6 is 0 Å². The predicted molar refractivity (Wildman–Crippen MR) is 76.5 cm³/mol. The van der Waals surface area contributed by atoms with Crippen molar-refractivity contribution in [1.29, 1.82) is 0 Å². The molecule has 2 heteroatoms. The SMILES string of the molecule is C[C@H](C(=O)C[Se]c1ccccc1)c1ccccc1. The average Bonchev–Trinajstić information content (AvgIpc) is 2.46. The van der Waals surface area contributed by atoms with Crippen LogP contribution in [0, 0.1) is 0 Å². The van der Waals surface area contributed by atoms with Gasteiger partial charge >= 0.3 is 114 Å². The van der Waals surface area contributed by atoms with Crippen molar-refractivity contribution in [3.8, 4) is 0 Å². The molecule has 2 aromatic rings. The molecule has 1 atom stereocenters. The predicted octanol–water partition coefficient (Wildman–Crippen LogP) is 2.81. The molecule has 0 unspecified atom stereocenters. The maximum absolute atomic E-state index is 12.1. The van der Waals surface area contributed by atoms with Gasteiger partial charge in [-0.1, -0.05) is 0 Å². The van der Waals surface area contributed by atoms with Crippen molar-refractivity contribution in [1.82, 2.24) is 0 Å². The molecule has 0 N–H and O–H groups in total. The molecule has 0 radical (unpaired) electrons. The van der Waals surface area contributed by atoms with Gasteiger partial charge in [0.1, 0.15) is 0 Å². The van der Waals surface area contributed by atoms with Crippen molar-refractivity contribution in [3.05, 3.63) is 66.2 Å². The zero-order valence-electron chi connectivity index (χ0n) is 10.4. The third-order valence-corrected chi connectivity index (χ3v) is 5.08. The molecule has 0 aliphatic carbocycles. The Morgan fingerprint density at radius 1 is 1.00 bits per heavy atom. The van der Waals surface area contributed by atoms with E-state index >= 15 is 0 Å². The zero-order chi connectivity index (χ0) is 12.8. The standard InChI is InChI=1S/C16H16OSe/c1-13(14-8-4-2-5-9-14)16(17)12-18-15-10-6-3-7-11-15/h2-11,13H,12H2,1H3/t13-/m0/s1. The van der Waals surface area contributed by atoms with Gasteiger partial charge in [0, 0.05) is 0 Å². The summed E-state index contributed by atoms with van der Waals surface area (Å²) in [5.74, 6) is 0.349. The summed E-state index contributed by atoms with van der Waals surface area (Å²) in [6, 6.07) is 20.3. The van der Waals surface area contributed by atoms with Crippen LogP contribution in [0.2, 0.25) is 5.32 Å². The molecular formula is C16H16OSe. The summed E-state index contributed by atoms with van der Waals surface area (Å²) in [6.45, 7) is 2.00. The third kappa shape index (κ3) is 3.56. The van der Waals surface area contributed by atoms with Gasteiger partial charge in [-0.15, -0.1) is 0 Å². The van der Waals surface area contributed by atoms with Gasteiger partial charge < -0.3 is 0 Å². The number of hydrogen-bond acceptors (Lipinski definition) is 1. The summed E-state index contributed by atoms with van der Waals surface area (Å²) in [5, 5.41) is 0.674. The van der Waals surface area contributed by atoms with Crippen molar-refractivity contribution in [2.75, 3.05) is 0 Å². The van der Waals surface area contributed by atoms with Crippen LogP contribution in [-0.2, 0) is 4.79 Å². The molecule has 92 valence electrons. The summed E-state index contributed by atoms with van der Waals surface area (Å²) >= 11 is 0.251. The molecule has 2 aromatic carbocycles. The summed E-state index contributed by atoms with van der Waals surface area (Å²) in [4.78, 5) is 12.1. The van der Waals surface area contributed by atoms with E-state index in [9.17, 15) is 4.79 Å². The molecule has 0 saturated heterocycles. The topological polar surface area (TPSA) is 17.1 Å². The number of ketones is 1. The Balaban J connectivity index is 1.93. The van der Waals surface area contributed by atoms with Crippen molar-refractivity contribution in [2.45, 2.75) is 18.2 Å². The van der Waals surface area contributed by atoms with E-state index in [-0.39, 0.29) is 20.9 Å². The van der Waals surface area contributed by atoms with Gasteiger partial charge in [0.15, 0.2) is 0 Å². The van der Waals surface area contributed by atoms with Crippen molar-refractivity contribution in [2.24, 2.45) is 0 Å². The number of Topliss-reactive ketones (excluding diaryl/α,β-unsaturated/α-hetero) is 1. The van der Waals surface area contributed by atoms with E-state index in [0.717, 1.165) is 5.56 Å². The number of carbonyl (C=O) groups excluding carboxylic acids is 1. The van der Waals surface area contributed by atoms with Crippen LogP contribution in [-0.4, -0.2) is 20.7 Å². The van der Waals surface area contributed by atoms with Crippen LogP contribution in [0.4, 0.5) is 0 Å². The Kier molecular flexibility index (Phi) is 4.74. The first kappa shape index (κ1) is 13.1. The first-order chi connectivity index (χ1) is 8.77. The number of benzene rings is 2. The van der Waals surface area contributed by atoms with Crippen molar-refractivity contribution >= 4 is 25.2 Å². The fraction of sp³-hybridized carbons (Fsp3) is 0.188. The zero-order valence-corrected chi connectivity index (χ0v) is 12.1. The number of carbonyl (C=O) groups is 1. The van der Waals surface area contributed by atoms with E-state index in [2.05, 4.69) is 12.1 Å². The Hall–Kier alpha value is -1.37. The molecule has 18 heavy (non-hydrogen) atoms. The molecule has 1 nitrogen and oxygen atoms in total. The van der Waals surface area contributed by atoms with E-state index in [1.807, 2.05) is 55.5 Å². The molecular weight excluding hydrogens is 287 g/mol. The monoisotopic (exact) mass is 304 g/mol. The van der Waals surface area contributed by atoms with Crippen LogP contribution in [0.15, 0.2) is 60.7 Å². The second-order valence-electron chi connectivity index (χ2n) is 4.20. The maximum atomic E-state index is 12.1. The molecule has 0 aliphatic heterocycles. The van der Waals surface area contributed by atoms with E-state index in [4.69, 9.17) is 0 Å². The van der Waals surface area contributed by atoms with Gasteiger partial charge in [0.25, 0.3) is 0 Å². The van der Waals surface area contributed by atoms with Gasteiger partial charge in [-0.05, 0) is 0 Å². The number of hydrogen-bond donors (Lipinski definition) is 0. The second kappa shape index (κ2) is 6.53. The normalized spacial score (nSPS) is 12.1. The summed E-state index contributed by atoms with van der Waals surface area (Å²) < 4.78 is 1.29. The fourth-order valence-electron chi connectivity index (χ4n) is 1.72. The van der Waals surface area contributed by atoms with Crippen LogP contribution in [0.5, 0.6) is 0 Å².